The molecule has 0 unspecified atom stereocenters. The van der Waals surface area contributed by atoms with E-state index in [0.29, 0.717) is 38.1 Å². The fraction of sp³-hybridized carbons (Fsp3) is 0.333. The van der Waals surface area contributed by atoms with Crippen molar-refractivity contribution in [2.45, 2.75) is 26.9 Å². The van der Waals surface area contributed by atoms with Crippen LogP contribution in [0.5, 0.6) is 0 Å². The number of rotatable bonds is 8. The first kappa shape index (κ1) is 23.0. The van der Waals surface area contributed by atoms with Gasteiger partial charge in [-0.3, -0.25) is 0 Å². The Balaban J connectivity index is 0.00000576. The van der Waals surface area contributed by atoms with Crippen molar-refractivity contribution in [2.75, 3.05) is 13.1 Å². The van der Waals surface area contributed by atoms with Crippen LogP contribution in [0, 0.1) is 0 Å². The molecule has 0 radical (unpaired) electrons. The summed E-state index contributed by atoms with van der Waals surface area (Å²) in [5.74, 6) is 0.839. The zero-order valence-corrected chi connectivity index (χ0v) is 17.3. The third-order valence-corrected chi connectivity index (χ3v) is 3.03. The molecule has 0 aliphatic heterocycles. The van der Waals surface area contributed by atoms with Gasteiger partial charge in [0.15, 0.2) is 11.9 Å². The van der Waals surface area contributed by atoms with E-state index in [0.717, 1.165) is 22.3 Å². The highest BCUT2D eigenvalue weighted by Gasteiger charge is 1.97. The average Bonchev–Trinajstić information content (AvgIpc) is 2.55. The Kier molecular flexibility index (Phi) is 11.3. The second kappa shape index (κ2) is 12.3. The van der Waals surface area contributed by atoms with Crippen molar-refractivity contribution in [3.05, 3.63) is 59.7 Å². The van der Waals surface area contributed by atoms with Crippen LogP contribution >= 0.6 is 24.0 Å². The minimum atomic E-state index is 0. The van der Waals surface area contributed by atoms with Crippen molar-refractivity contribution in [1.82, 2.24) is 10.6 Å². The Morgan fingerprint density at radius 1 is 0.840 bits per heavy atom. The Bertz CT molecular complexity index is 564. The molecule has 0 aliphatic carbocycles. The van der Waals surface area contributed by atoms with Gasteiger partial charge in [-0.25, -0.2) is 9.98 Å². The molecule has 0 heterocycles. The van der Waals surface area contributed by atoms with Crippen molar-refractivity contribution >= 4 is 35.9 Å². The number of nitrogens with zero attached hydrogens (tertiary/aromatic N) is 2. The predicted octanol–water partition coefficient (Wildman–Crippen LogP) is 2.27. The van der Waals surface area contributed by atoms with Gasteiger partial charge in [-0.2, -0.15) is 0 Å². The van der Waals surface area contributed by atoms with E-state index in [-0.39, 0.29) is 24.0 Å². The summed E-state index contributed by atoms with van der Waals surface area (Å²) in [4.78, 5) is 8.57. The molecule has 0 saturated heterocycles. The highest BCUT2D eigenvalue weighted by molar-refractivity contribution is 14.0. The van der Waals surface area contributed by atoms with Gasteiger partial charge >= 0.3 is 0 Å². The molecule has 0 fully saturated rings. The molecule has 25 heavy (non-hydrogen) atoms. The fourth-order valence-corrected chi connectivity index (χ4v) is 1.70. The number of aliphatic imine (C=N–C) groups is 2. The number of halogens is 1. The average molecular weight is 456 g/mol. The smallest absolute Gasteiger partial charge is 0.189 e. The first-order valence-electron chi connectivity index (χ1n) is 7.81. The quantitative estimate of drug-likeness (QED) is 0.209. The van der Waals surface area contributed by atoms with Crippen molar-refractivity contribution in [2.24, 2.45) is 21.5 Å². The van der Waals surface area contributed by atoms with E-state index in [9.17, 15) is 0 Å². The molecule has 0 spiro atoms. The van der Waals surface area contributed by atoms with Crippen molar-refractivity contribution in [3.8, 4) is 0 Å². The number of hydrogen-bond donors (Lipinski definition) is 4. The van der Waals surface area contributed by atoms with E-state index < -0.39 is 0 Å². The van der Waals surface area contributed by atoms with Crippen LogP contribution in [-0.4, -0.2) is 25.0 Å². The first-order chi connectivity index (χ1) is 11.4. The lowest BCUT2D eigenvalue weighted by atomic mass is 10.1. The van der Waals surface area contributed by atoms with Crippen molar-refractivity contribution < 1.29 is 0 Å². The van der Waals surface area contributed by atoms with E-state index in [1.807, 2.05) is 38.1 Å². The zero-order valence-electron chi connectivity index (χ0n) is 15.0. The lowest BCUT2D eigenvalue weighted by molar-refractivity contribution is 0.933. The Morgan fingerprint density at radius 2 is 1.16 bits per heavy atom. The molecule has 1 aromatic rings. The second-order valence-electron chi connectivity index (χ2n) is 5.84. The fourth-order valence-electron chi connectivity index (χ4n) is 1.70. The summed E-state index contributed by atoms with van der Waals surface area (Å²) in [6.07, 6.45) is 0. The van der Waals surface area contributed by atoms with Crippen molar-refractivity contribution in [3.63, 3.8) is 0 Å². The van der Waals surface area contributed by atoms with Gasteiger partial charge in [0.2, 0.25) is 0 Å². The maximum atomic E-state index is 5.78. The van der Waals surface area contributed by atoms with Crippen molar-refractivity contribution in [1.29, 1.82) is 0 Å². The molecule has 0 aliphatic rings. The Morgan fingerprint density at radius 3 is 1.44 bits per heavy atom. The minimum Gasteiger partial charge on any atom is -0.370 e. The molecule has 138 valence electrons. The number of nitrogens with one attached hydrogen (secondary N) is 2. The van der Waals surface area contributed by atoms with Gasteiger partial charge in [0.1, 0.15) is 0 Å². The van der Waals surface area contributed by atoms with Crippen LogP contribution in [-0.2, 0) is 13.1 Å². The van der Waals surface area contributed by atoms with Gasteiger partial charge in [-0.05, 0) is 25.0 Å². The summed E-state index contributed by atoms with van der Waals surface area (Å²) >= 11 is 0. The van der Waals surface area contributed by atoms with E-state index in [4.69, 9.17) is 11.5 Å². The van der Waals surface area contributed by atoms with Gasteiger partial charge < -0.3 is 22.1 Å². The lowest BCUT2D eigenvalue weighted by Gasteiger charge is -2.06. The summed E-state index contributed by atoms with van der Waals surface area (Å²) in [5, 5.41) is 6.00. The molecule has 0 aromatic heterocycles. The number of nitrogens with two attached hydrogens (primary N) is 2. The summed E-state index contributed by atoms with van der Waals surface area (Å²) in [5.41, 5.74) is 15.7. The van der Waals surface area contributed by atoms with Gasteiger partial charge in [0, 0.05) is 13.1 Å². The molecule has 0 saturated carbocycles. The third kappa shape index (κ3) is 11.2. The molecule has 0 amide bonds. The van der Waals surface area contributed by atoms with Crippen LogP contribution in [0.4, 0.5) is 0 Å². The molecule has 7 heteroatoms. The van der Waals surface area contributed by atoms with E-state index in [1.165, 1.54) is 0 Å². The van der Waals surface area contributed by atoms with Crippen LogP contribution in [0.15, 0.2) is 58.6 Å². The maximum Gasteiger partial charge on any atom is 0.189 e. The number of benzene rings is 1. The van der Waals surface area contributed by atoms with E-state index in [2.05, 4.69) is 33.8 Å². The summed E-state index contributed by atoms with van der Waals surface area (Å²) in [7, 11) is 0. The van der Waals surface area contributed by atoms with E-state index in [1.54, 1.807) is 0 Å². The zero-order chi connectivity index (χ0) is 17.9. The van der Waals surface area contributed by atoms with Crippen LogP contribution < -0.4 is 22.1 Å². The number of guanidine groups is 2. The van der Waals surface area contributed by atoms with E-state index >= 15 is 0 Å². The largest absolute Gasteiger partial charge is 0.370 e. The number of hydrogen-bond acceptors (Lipinski definition) is 2. The highest BCUT2D eigenvalue weighted by Crippen LogP contribution is 2.06. The van der Waals surface area contributed by atoms with Crippen LogP contribution in [0.2, 0.25) is 0 Å². The molecule has 6 N–H and O–H groups in total. The molecule has 0 atom stereocenters. The SMILES string of the molecule is C=C(C)CNC(N)=NCc1ccc(CN=C(N)NCC(=C)C)cc1.I. The van der Waals surface area contributed by atoms with Gasteiger partial charge in [0.05, 0.1) is 13.1 Å². The molecule has 0 bridgehead atoms. The molecular weight excluding hydrogens is 427 g/mol. The van der Waals surface area contributed by atoms with Gasteiger partial charge in [-0.1, -0.05) is 48.6 Å². The topological polar surface area (TPSA) is 101 Å². The van der Waals surface area contributed by atoms with Crippen LogP contribution in [0.25, 0.3) is 0 Å². The van der Waals surface area contributed by atoms with Crippen LogP contribution in [0.3, 0.4) is 0 Å². The monoisotopic (exact) mass is 456 g/mol. The molecule has 6 nitrogen and oxygen atoms in total. The summed E-state index contributed by atoms with van der Waals surface area (Å²) in [6.45, 7) is 13.8. The first-order valence-corrected chi connectivity index (χ1v) is 7.81. The lowest BCUT2D eigenvalue weighted by Crippen LogP contribution is -2.32. The Labute approximate surface area is 167 Å². The standard InChI is InChI=1S/C18H28N6.HI/c1-13(2)9-21-17(19)23-11-15-5-7-16(8-6-15)12-24-18(20)22-10-14(3)4;/h5-8H,1,3,9-12H2,2,4H3,(H3,19,21,23)(H3,20,22,24);1H. The minimum absolute atomic E-state index is 0. The summed E-state index contributed by atoms with van der Waals surface area (Å²) < 4.78 is 0. The second-order valence-corrected chi connectivity index (χ2v) is 5.84. The Hall–Kier alpha value is -2.03. The summed E-state index contributed by atoms with van der Waals surface area (Å²) in [6, 6.07) is 8.05. The van der Waals surface area contributed by atoms with Gasteiger partial charge in [-0.15, -0.1) is 24.0 Å². The maximum absolute atomic E-state index is 5.78. The molecule has 1 rings (SSSR count). The normalized spacial score (nSPS) is 11.4. The third-order valence-electron chi connectivity index (χ3n) is 3.03. The van der Waals surface area contributed by atoms with Gasteiger partial charge in [0.25, 0.3) is 0 Å². The molecule has 1 aromatic carbocycles. The van der Waals surface area contributed by atoms with Crippen LogP contribution in [0.1, 0.15) is 25.0 Å². The predicted molar refractivity (Wildman–Crippen MR) is 118 cm³/mol. The highest BCUT2D eigenvalue weighted by atomic mass is 127. The molecular formula is C18H29IN6.